The number of likely N-dealkylation sites (N-methyl/N-ethyl adjacent to an activating group) is 1. The normalized spacial score (nSPS) is 12.6. The fourth-order valence-corrected chi connectivity index (χ4v) is 1.95. The molecule has 1 aromatic heterocycles. The molecule has 2 rings (SSSR count). The van der Waals surface area contributed by atoms with E-state index in [-0.39, 0.29) is 11.9 Å². The van der Waals surface area contributed by atoms with Gasteiger partial charge in [0.2, 0.25) is 0 Å². The number of aromatic nitrogens is 3. The fraction of sp³-hybridized carbons (Fsp3) is 0.462. The molecule has 0 unspecified atom stereocenters. The third-order valence-electron chi connectivity index (χ3n) is 2.99. The van der Waals surface area contributed by atoms with Gasteiger partial charge in [-0.15, -0.1) is 5.10 Å². The molecule has 1 atom stereocenters. The number of amides is 1. The number of hydrogen-bond acceptors (Lipinski definition) is 4. The van der Waals surface area contributed by atoms with E-state index >= 15 is 0 Å². The lowest BCUT2D eigenvalue weighted by molar-refractivity contribution is 0.0950. The van der Waals surface area contributed by atoms with E-state index in [4.69, 9.17) is 0 Å². The van der Waals surface area contributed by atoms with Crippen LogP contribution in [0.1, 0.15) is 24.2 Å². The molecule has 0 aliphatic rings. The first kappa shape index (κ1) is 13.5. The first-order valence-corrected chi connectivity index (χ1v) is 6.43. The van der Waals surface area contributed by atoms with Crippen LogP contribution in [0.2, 0.25) is 0 Å². The Bertz CT molecular complexity index is 577. The quantitative estimate of drug-likeness (QED) is 0.831. The third kappa shape index (κ3) is 3.08. The van der Waals surface area contributed by atoms with Crippen molar-refractivity contribution < 1.29 is 4.79 Å². The molecule has 0 aliphatic carbocycles. The maximum absolute atomic E-state index is 12.0. The molecule has 1 heterocycles. The van der Waals surface area contributed by atoms with Crippen molar-refractivity contribution in [3.8, 4) is 0 Å². The van der Waals surface area contributed by atoms with Crippen LogP contribution in [0.4, 0.5) is 0 Å². The number of aryl methyl sites for hydroxylation is 1. The molecule has 6 nitrogen and oxygen atoms in total. The summed E-state index contributed by atoms with van der Waals surface area (Å²) in [7, 11) is 1.83. The van der Waals surface area contributed by atoms with Gasteiger partial charge in [0.25, 0.3) is 5.91 Å². The topological polar surface area (TPSA) is 71.8 Å². The lowest BCUT2D eigenvalue weighted by Crippen LogP contribution is -2.38. The van der Waals surface area contributed by atoms with Gasteiger partial charge < -0.3 is 10.6 Å². The number of benzene rings is 1. The standard InChI is InChI=1S/C13H19N5O/c1-4-14-9(2)8-15-13(19)10-5-6-12-11(7-10)16-17-18(12)3/h5-7,9,14H,4,8H2,1-3H3,(H,15,19)/t9-/m1/s1. The van der Waals surface area contributed by atoms with Crippen LogP contribution in [0.15, 0.2) is 18.2 Å². The summed E-state index contributed by atoms with van der Waals surface area (Å²) in [5.41, 5.74) is 2.25. The van der Waals surface area contributed by atoms with Gasteiger partial charge in [0.1, 0.15) is 5.52 Å². The molecule has 2 aromatic rings. The fourth-order valence-electron chi connectivity index (χ4n) is 1.95. The molecular formula is C13H19N5O. The molecule has 0 saturated carbocycles. The summed E-state index contributed by atoms with van der Waals surface area (Å²) in [5.74, 6) is -0.0858. The van der Waals surface area contributed by atoms with Crippen LogP contribution in [0.5, 0.6) is 0 Å². The highest BCUT2D eigenvalue weighted by molar-refractivity contribution is 5.97. The summed E-state index contributed by atoms with van der Waals surface area (Å²) in [6.07, 6.45) is 0. The lowest BCUT2D eigenvalue weighted by atomic mass is 10.2. The van der Waals surface area contributed by atoms with E-state index in [0.717, 1.165) is 17.6 Å². The van der Waals surface area contributed by atoms with Crippen molar-refractivity contribution in [1.29, 1.82) is 0 Å². The number of nitrogens with one attached hydrogen (secondary N) is 2. The molecule has 0 aliphatic heterocycles. The van der Waals surface area contributed by atoms with Crippen LogP contribution in [-0.4, -0.2) is 40.0 Å². The molecule has 0 fully saturated rings. The highest BCUT2D eigenvalue weighted by atomic mass is 16.1. The Labute approximate surface area is 112 Å². The second-order valence-corrected chi connectivity index (χ2v) is 4.59. The highest BCUT2D eigenvalue weighted by Crippen LogP contribution is 2.12. The largest absolute Gasteiger partial charge is 0.350 e. The molecule has 0 radical (unpaired) electrons. The Morgan fingerprint density at radius 3 is 3.00 bits per heavy atom. The van der Waals surface area contributed by atoms with Gasteiger partial charge in [0, 0.05) is 25.2 Å². The molecule has 1 aromatic carbocycles. The average Bonchev–Trinajstić information content (AvgIpc) is 2.77. The van der Waals surface area contributed by atoms with Crippen molar-refractivity contribution in [1.82, 2.24) is 25.6 Å². The van der Waals surface area contributed by atoms with E-state index in [9.17, 15) is 4.79 Å². The first-order valence-electron chi connectivity index (χ1n) is 6.43. The van der Waals surface area contributed by atoms with Gasteiger partial charge in [-0.3, -0.25) is 4.79 Å². The van der Waals surface area contributed by atoms with Crippen LogP contribution >= 0.6 is 0 Å². The van der Waals surface area contributed by atoms with Gasteiger partial charge in [-0.25, -0.2) is 4.68 Å². The zero-order valence-corrected chi connectivity index (χ0v) is 11.5. The minimum Gasteiger partial charge on any atom is -0.350 e. The van der Waals surface area contributed by atoms with Crippen molar-refractivity contribution >= 4 is 16.9 Å². The molecule has 2 N–H and O–H groups in total. The molecule has 0 spiro atoms. The molecule has 0 bridgehead atoms. The van der Waals surface area contributed by atoms with Crippen LogP contribution in [0, 0.1) is 0 Å². The van der Waals surface area contributed by atoms with Gasteiger partial charge in [-0.1, -0.05) is 12.1 Å². The Morgan fingerprint density at radius 1 is 1.47 bits per heavy atom. The molecule has 6 heteroatoms. The number of nitrogens with zero attached hydrogens (tertiary/aromatic N) is 3. The van der Waals surface area contributed by atoms with Crippen molar-refractivity contribution in [3.63, 3.8) is 0 Å². The molecule has 0 saturated heterocycles. The van der Waals surface area contributed by atoms with E-state index in [0.29, 0.717) is 12.1 Å². The summed E-state index contributed by atoms with van der Waals surface area (Å²) < 4.78 is 1.68. The third-order valence-corrected chi connectivity index (χ3v) is 2.99. The monoisotopic (exact) mass is 261 g/mol. The second kappa shape index (κ2) is 5.79. The van der Waals surface area contributed by atoms with Gasteiger partial charge in [-0.2, -0.15) is 0 Å². The maximum atomic E-state index is 12.0. The zero-order valence-electron chi connectivity index (χ0n) is 11.5. The summed E-state index contributed by atoms with van der Waals surface area (Å²) in [4.78, 5) is 12.0. The highest BCUT2D eigenvalue weighted by Gasteiger charge is 2.09. The van der Waals surface area contributed by atoms with E-state index in [1.54, 1.807) is 16.8 Å². The van der Waals surface area contributed by atoms with E-state index in [2.05, 4.69) is 20.9 Å². The number of rotatable bonds is 5. The zero-order chi connectivity index (χ0) is 13.8. The summed E-state index contributed by atoms with van der Waals surface area (Å²) in [5, 5.41) is 14.1. The minimum absolute atomic E-state index is 0.0858. The van der Waals surface area contributed by atoms with Gasteiger partial charge in [0.15, 0.2) is 0 Å². The van der Waals surface area contributed by atoms with Gasteiger partial charge in [0.05, 0.1) is 5.52 Å². The SMILES string of the molecule is CCN[C@H](C)CNC(=O)c1ccc2c(c1)nnn2C. The summed E-state index contributed by atoms with van der Waals surface area (Å²) in [6, 6.07) is 5.67. The smallest absolute Gasteiger partial charge is 0.251 e. The van der Waals surface area contributed by atoms with E-state index < -0.39 is 0 Å². The molecule has 102 valence electrons. The minimum atomic E-state index is -0.0858. The van der Waals surface area contributed by atoms with Crippen molar-refractivity contribution in [3.05, 3.63) is 23.8 Å². The van der Waals surface area contributed by atoms with Crippen molar-refractivity contribution in [2.24, 2.45) is 7.05 Å². The van der Waals surface area contributed by atoms with Gasteiger partial charge >= 0.3 is 0 Å². The van der Waals surface area contributed by atoms with Gasteiger partial charge in [-0.05, 0) is 31.7 Å². The Morgan fingerprint density at radius 2 is 2.26 bits per heavy atom. The summed E-state index contributed by atoms with van der Waals surface area (Å²) >= 11 is 0. The molecule has 19 heavy (non-hydrogen) atoms. The average molecular weight is 261 g/mol. The second-order valence-electron chi connectivity index (χ2n) is 4.59. The maximum Gasteiger partial charge on any atom is 0.251 e. The Hall–Kier alpha value is -1.95. The Balaban J connectivity index is 2.05. The summed E-state index contributed by atoms with van der Waals surface area (Å²) in [6.45, 7) is 5.57. The van der Waals surface area contributed by atoms with Crippen LogP contribution < -0.4 is 10.6 Å². The number of fused-ring (bicyclic) bond motifs is 1. The molecule has 1 amide bonds. The lowest BCUT2D eigenvalue weighted by Gasteiger charge is -2.13. The van der Waals surface area contributed by atoms with E-state index in [1.807, 2.05) is 27.0 Å². The number of hydrogen-bond donors (Lipinski definition) is 2. The Kier molecular flexibility index (Phi) is 4.11. The number of carbonyl (C=O) groups is 1. The van der Waals surface area contributed by atoms with E-state index in [1.165, 1.54) is 0 Å². The van der Waals surface area contributed by atoms with Crippen LogP contribution in [-0.2, 0) is 7.05 Å². The first-order chi connectivity index (χ1) is 9.11. The van der Waals surface area contributed by atoms with Crippen LogP contribution in [0.25, 0.3) is 11.0 Å². The van der Waals surface area contributed by atoms with Crippen LogP contribution in [0.3, 0.4) is 0 Å². The molecular weight excluding hydrogens is 242 g/mol. The van der Waals surface area contributed by atoms with Crippen molar-refractivity contribution in [2.75, 3.05) is 13.1 Å². The predicted molar refractivity (Wildman–Crippen MR) is 74.0 cm³/mol. The number of carbonyl (C=O) groups excluding carboxylic acids is 1. The van der Waals surface area contributed by atoms with Crippen molar-refractivity contribution in [2.45, 2.75) is 19.9 Å². The predicted octanol–water partition coefficient (Wildman–Crippen LogP) is 0.696.